The molecule has 0 radical (unpaired) electrons. The summed E-state index contributed by atoms with van der Waals surface area (Å²) in [5.74, 6) is 0.563. The van der Waals surface area contributed by atoms with Crippen molar-refractivity contribution in [3.8, 4) is 0 Å². The van der Waals surface area contributed by atoms with Crippen molar-refractivity contribution in [2.75, 3.05) is 12.9 Å². The summed E-state index contributed by atoms with van der Waals surface area (Å²) in [6.45, 7) is 2.10. The average Bonchev–Trinajstić information content (AvgIpc) is 2.03. The second-order valence-corrected chi connectivity index (χ2v) is 3.97. The fourth-order valence-corrected chi connectivity index (χ4v) is 1.74. The lowest BCUT2D eigenvalue weighted by atomic mass is 10.4. The molecule has 0 aromatic carbocycles. The van der Waals surface area contributed by atoms with E-state index in [9.17, 15) is 4.79 Å². The van der Waals surface area contributed by atoms with Gasteiger partial charge in [0.15, 0.2) is 4.71 Å². The van der Waals surface area contributed by atoms with Crippen LogP contribution < -0.4 is 0 Å². The van der Waals surface area contributed by atoms with Gasteiger partial charge in [-0.25, -0.2) is 4.79 Å². The summed E-state index contributed by atoms with van der Waals surface area (Å²) < 4.78 is 3.92. The first-order chi connectivity index (χ1) is 5.22. The van der Waals surface area contributed by atoms with Gasteiger partial charge in [0.1, 0.15) is 0 Å². The van der Waals surface area contributed by atoms with E-state index in [-0.39, 0.29) is 5.97 Å². The SMILES string of the molecule is CCCCSC(Cl)C(=O)OC. The van der Waals surface area contributed by atoms with Gasteiger partial charge in [0.05, 0.1) is 7.11 Å². The van der Waals surface area contributed by atoms with Crippen LogP contribution in [-0.4, -0.2) is 23.5 Å². The number of rotatable bonds is 5. The van der Waals surface area contributed by atoms with Crippen LogP contribution in [-0.2, 0) is 9.53 Å². The molecule has 11 heavy (non-hydrogen) atoms. The summed E-state index contributed by atoms with van der Waals surface area (Å²) in [7, 11) is 1.35. The minimum absolute atomic E-state index is 0.354. The topological polar surface area (TPSA) is 26.3 Å². The lowest BCUT2D eigenvalue weighted by Gasteiger charge is -2.05. The molecule has 0 rings (SSSR count). The minimum atomic E-state index is -0.536. The molecule has 0 aliphatic heterocycles. The first-order valence-corrected chi connectivity index (χ1v) is 5.04. The molecule has 0 saturated carbocycles. The van der Waals surface area contributed by atoms with Gasteiger partial charge >= 0.3 is 5.97 Å². The molecule has 0 saturated heterocycles. The monoisotopic (exact) mass is 196 g/mol. The van der Waals surface area contributed by atoms with Crippen molar-refractivity contribution in [1.29, 1.82) is 0 Å². The van der Waals surface area contributed by atoms with Crippen LogP contribution in [0.5, 0.6) is 0 Å². The Morgan fingerprint density at radius 3 is 2.82 bits per heavy atom. The molecule has 1 unspecified atom stereocenters. The highest BCUT2D eigenvalue weighted by atomic mass is 35.5. The third-order valence-electron chi connectivity index (χ3n) is 1.15. The molecule has 0 heterocycles. The van der Waals surface area contributed by atoms with Gasteiger partial charge in [0.2, 0.25) is 0 Å². The predicted octanol–water partition coefficient (Wildman–Crippen LogP) is 2.26. The van der Waals surface area contributed by atoms with E-state index >= 15 is 0 Å². The molecule has 66 valence electrons. The molecule has 0 spiro atoms. The van der Waals surface area contributed by atoms with E-state index in [2.05, 4.69) is 11.7 Å². The maximum atomic E-state index is 10.7. The van der Waals surface area contributed by atoms with Crippen molar-refractivity contribution in [2.24, 2.45) is 0 Å². The standard InChI is InChI=1S/C7H13ClO2S/c1-3-4-5-11-6(8)7(9)10-2/h6H,3-5H2,1-2H3. The number of hydrogen-bond donors (Lipinski definition) is 0. The predicted molar refractivity (Wildman–Crippen MR) is 49.0 cm³/mol. The zero-order valence-corrected chi connectivity index (χ0v) is 8.37. The Labute approximate surface area is 76.6 Å². The van der Waals surface area contributed by atoms with E-state index in [1.165, 1.54) is 18.9 Å². The van der Waals surface area contributed by atoms with Crippen molar-refractivity contribution in [3.63, 3.8) is 0 Å². The summed E-state index contributed by atoms with van der Waals surface area (Å²) in [5, 5.41) is 0. The maximum Gasteiger partial charge on any atom is 0.334 e. The summed E-state index contributed by atoms with van der Waals surface area (Å²) in [6.07, 6.45) is 2.21. The molecule has 0 N–H and O–H groups in total. The van der Waals surface area contributed by atoms with Crippen LogP contribution in [0.25, 0.3) is 0 Å². The van der Waals surface area contributed by atoms with Gasteiger partial charge in [0, 0.05) is 0 Å². The average molecular weight is 197 g/mol. The van der Waals surface area contributed by atoms with Gasteiger partial charge in [-0.3, -0.25) is 0 Å². The fourth-order valence-electron chi connectivity index (χ4n) is 0.492. The van der Waals surface area contributed by atoms with Gasteiger partial charge in [-0.2, -0.15) is 0 Å². The van der Waals surface area contributed by atoms with Gasteiger partial charge in [0.25, 0.3) is 0 Å². The van der Waals surface area contributed by atoms with E-state index in [1.807, 2.05) is 0 Å². The van der Waals surface area contributed by atoms with Crippen molar-refractivity contribution in [3.05, 3.63) is 0 Å². The van der Waals surface area contributed by atoms with Crippen LogP contribution in [0, 0.1) is 0 Å². The Morgan fingerprint density at radius 1 is 1.73 bits per heavy atom. The third kappa shape index (κ3) is 5.39. The Kier molecular flexibility index (Phi) is 6.87. The molecule has 0 aliphatic carbocycles. The van der Waals surface area contributed by atoms with E-state index in [0.717, 1.165) is 18.6 Å². The molecule has 0 amide bonds. The Morgan fingerprint density at radius 2 is 2.36 bits per heavy atom. The van der Waals surface area contributed by atoms with Crippen LogP contribution in [0.1, 0.15) is 19.8 Å². The van der Waals surface area contributed by atoms with Gasteiger partial charge < -0.3 is 4.74 Å². The second-order valence-electron chi connectivity index (χ2n) is 2.06. The number of ether oxygens (including phenoxy) is 1. The van der Waals surface area contributed by atoms with Crippen molar-refractivity contribution >= 4 is 29.3 Å². The van der Waals surface area contributed by atoms with Gasteiger partial charge in [-0.05, 0) is 12.2 Å². The molecule has 0 aromatic heterocycles. The summed E-state index contributed by atoms with van der Waals surface area (Å²) in [5.41, 5.74) is 0. The third-order valence-corrected chi connectivity index (χ3v) is 2.71. The summed E-state index contributed by atoms with van der Waals surface area (Å²) in [6, 6.07) is 0. The van der Waals surface area contributed by atoms with Gasteiger partial charge in [-0.1, -0.05) is 24.9 Å². The second kappa shape index (κ2) is 6.80. The van der Waals surface area contributed by atoms with E-state index < -0.39 is 4.71 Å². The first kappa shape index (κ1) is 11.1. The highest BCUT2D eigenvalue weighted by Gasteiger charge is 2.14. The summed E-state index contributed by atoms with van der Waals surface area (Å²) in [4.78, 5) is 10.7. The molecule has 4 heteroatoms. The Bertz CT molecular complexity index is 119. The number of hydrogen-bond acceptors (Lipinski definition) is 3. The Balaban J connectivity index is 3.36. The number of thioether (sulfide) groups is 1. The number of halogens is 1. The number of carbonyl (C=O) groups is 1. The fraction of sp³-hybridized carbons (Fsp3) is 0.857. The zero-order chi connectivity index (χ0) is 8.69. The highest BCUT2D eigenvalue weighted by Crippen LogP contribution is 2.17. The molecular weight excluding hydrogens is 184 g/mol. The number of methoxy groups -OCH3 is 1. The lowest BCUT2D eigenvalue weighted by molar-refractivity contribution is -0.138. The Hall–Kier alpha value is 0.110. The lowest BCUT2D eigenvalue weighted by Crippen LogP contribution is -2.12. The normalized spacial score (nSPS) is 12.6. The van der Waals surface area contributed by atoms with Crippen LogP contribution in [0.15, 0.2) is 0 Å². The molecule has 0 fully saturated rings. The smallest absolute Gasteiger partial charge is 0.334 e. The molecule has 0 bridgehead atoms. The molecule has 0 aliphatic rings. The molecular formula is C7H13ClO2S. The largest absolute Gasteiger partial charge is 0.467 e. The van der Waals surface area contributed by atoms with Crippen LogP contribution >= 0.6 is 23.4 Å². The molecule has 0 aromatic rings. The number of carbonyl (C=O) groups excluding carboxylic acids is 1. The van der Waals surface area contributed by atoms with E-state index in [0.29, 0.717) is 0 Å². The highest BCUT2D eigenvalue weighted by molar-refractivity contribution is 8.01. The van der Waals surface area contributed by atoms with Gasteiger partial charge in [-0.15, -0.1) is 11.8 Å². The van der Waals surface area contributed by atoms with Crippen molar-refractivity contribution in [1.82, 2.24) is 0 Å². The van der Waals surface area contributed by atoms with Crippen LogP contribution in [0.2, 0.25) is 0 Å². The number of esters is 1. The quantitative estimate of drug-likeness (QED) is 0.383. The molecule has 1 atom stereocenters. The van der Waals surface area contributed by atoms with Crippen LogP contribution in [0.3, 0.4) is 0 Å². The maximum absolute atomic E-state index is 10.7. The zero-order valence-electron chi connectivity index (χ0n) is 6.80. The molecule has 2 nitrogen and oxygen atoms in total. The number of unbranched alkanes of at least 4 members (excludes halogenated alkanes) is 1. The van der Waals surface area contributed by atoms with E-state index in [4.69, 9.17) is 11.6 Å². The number of alkyl halides is 1. The van der Waals surface area contributed by atoms with Crippen molar-refractivity contribution in [2.45, 2.75) is 24.5 Å². The minimum Gasteiger partial charge on any atom is -0.467 e. The summed E-state index contributed by atoms with van der Waals surface area (Å²) >= 11 is 7.08. The van der Waals surface area contributed by atoms with Crippen molar-refractivity contribution < 1.29 is 9.53 Å². The van der Waals surface area contributed by atoms with E-state index in [1.54, 1.807) is 0 Å². The van der Waals surface area contributed by atoms with Crippen LogP contribution in [0.4, 0.5) is 0 Å². The first-order valence-electron chi connectivity index (χ1n) is 3.55.